The summed E-state index contributed by atoms with van der Waals surface area (Å²) < 4.78 is 5.55. The van der Waals surface area contributed by atoms with E-state index in [1.54, 1.807) is 4.90 Å². The number of nitro benzene ring substituents is 1. The van der Waals surface area contributed by atoms with Gasteiger partial charge in [-0.2, -0.15) is 11.8 Å². The number of aliphatic carboxylic acids is 1. The summed E-state index contributed by atoms with van der Waals surface area (Å²) in [7, 11) is 0. The molecule has 4 rings (SSSR count). The van der Waals surface area contributed by atoms with E-state index in [-0.39, 0.29) is 67.2 Å². The number of β-lactam (4-membered cyclic amide) rings is 1. The first-order valence-corrected chi connectivity index (χ1v) is 16.2. The first kappa shape index (κ1) is 33.6. The molecule has 2 saturated heterocycles. The zero-order valence-electron chi connectivity index (χ0n) is 24.3. The minimum Gasteiger partial charge on any atom is -0.477 e. The number of hydrogen-bond donors (Lipinski definition) is 4. The third-order valence-electron chi connectivity index (χ3n) is 7.94. The summed E-state index contributed by atoms with van der Waals surface area (Å²) in [4.78, 5) is 63.9. The molecule has 4 N–H and O–H groups in total. The molecule has 3 amide bonds. The highest BCUT2D eigenvalue weighted by Gasteiger charge is 2.60. The van der Waals surface area contributed by atoms with Crippen molar-refractivity contribution < 1.29 is 44.2 Å². The lowest BCUT2D eigenvalue weighted by Gasteiger charge is -2.46. The maximum Gasteiger partial charge on any atom is 0.410 e. The molecule has 0 spiro atoms. The van der Waals surface area contributed by atoms with Gasteiger partial charge in [-0.05, 0) is 31.0 Å². The van der Waals surface area contributed by atoms with E-state index in [1.165, 1.54) is 59.6 Å². The predicted octanol–water partition coefficient (Wildman–Crippen LogP) is 1.79. The Morgan fingerprint density at radius 3 is 2.57 bits per heavy atom. The summed E-state index contributed by atoms with van der Waals surface area (Å²) in [5, 5.41) is 42.3. The van der Waals surface area contributed by atoms with E-state index >= 15 is 0 Å². The summed E-state index contributed by atoms with van der Waals surface area (Å²) in [5.74, 6) is -1.82. The Bertz CT molecular complexity index is 1310. The fourth-order valence-electron chi connectivity index (χ4n) is 5.81. The molecule has 14 nitrogen and oxygen atoms in total. The number of amides is 3. The highest BCUT2D eigenvalue weighted by atomic mass is 32.2. The van der Waals surface area contributed by atoms with Gasteiger partial charge in [0.1, 0.15) is 12.3 Å². The van der Waals surface area contributed by atoms with Crippen molar-refractivity contribution in [3.63, 3.8) is 0 Å². The fourth-order valence-corrected chi connectivity index (χ4v) is 8.46. The third kappa shape index (κ3) is 7.30. The molecule has 1 aromatic rings. The zero-order valence-corrected chi connectivity index (χ0v) is 25.9. The van der Waals surface area contributed by atoms with Crippen LogP contribution >= 0.6 is 23.5 Å². The number of carbonyl (C=O) groups is 4. The molecule has 0 bridgehead atoms. The first-order valence-electron chi connectivity index (χ1n) is 14.2. The van der Waals surface area contributed by atoms with E-state index in [4.69, 9.17) is 9.84 Å². The van der Waals surface area contributed by atoms with Gasteiger partial charge in [0.05, 0.1) is 29.6 Å². The summed E-state index contributed by atoms with van der Waals surface area (Å²) >= 11 is 2.82. The van der Waals surface area contributed by atoms with Crippen LogP contribution in [0.15, 0.2) is 34.9 Å². The number of thioether (sulfide) groups is 2. The van der Waals surface area contributed by atoms with Crippen LogP contribution in [0.1, 0.15) is 32.3 Å². The van der Waals surface area contributed by atoms with E-state index < -0.39 is 41.0 Å². The van der Waals surface area contributed by atoms with E-state index in [1.807, 2.05) is 6.92 Å². The number of nitrogens with zero attached hydrogens (tertiary/aromatic N) is 3. The number of non-ortho nitro benzene ring substituents is 1. The Labute approximate surface area is 262 Å². The monoisotopic (exact) mass is 652 g/mol. The van der Waals surface area contributed by atoms with Gasteiger partial charge >= 0.3 is 12.1 Å². The van der Waals surface area contributed by atoms with Crippen LogP contribution in [0.25, 0.3) is 0 Å². The summed E-state index contributed by atoms with van der Waals surface area (Å²) in [6.45, 7) is 3.55. The van der Waals surface area contributed by atoms with Crippen LogP contribution < -0.4 is 5.32 Å². The maximum absolute atomic E-state index is 13.3. The van der Waals surface area contributed by atoms with Crippen LogP contribution in [0.2, 0.25) is 0 Å². The van der Waals surface area contributed by atoms with Crippen LogP contribution in [0.5, 0.6) is 0 Å². The number of nitro groups is 1. The number of carboxylic acids is 1. The third-order valence-corrected chi connectivity index (χ3v) is 10.5. The van der Waals surface area contributed by atoms with Crippen molar-refractivity contribution in [2.75, 3.05) is 31.2 Å². The second-order valence-corrected chi connectivity index (χ2v) is 13.4. The van der Waals surface area contributed by atoms with Crippen molar-refractivity contribution in [1.29, 1.82) is 0 Å². The smallest absolute Gasteiger partial charge is 0.410 e. The van der Waals surface area contributed by atoms with Gasteiger partial charge in [0.15, 0.2) is 0 Å². The molecule has 44 heavy (non-hydrogen) atoms. The summed E-state index contributed by atoms with van der Waals surface area (Å²) in [5.41, 5.74) is 0.421. The fraction of sp³-hybridized carbons (Fsp3) is 0.571. The van der Waals surface area contributed by atoms with Crippen molar-refractivity contribution >= 4 is 53.1 Å². The molecule has 1 unspecified atom stereocenters. The van der Waals surface area contributed by atoms with E-state index in [0.29, 0.717) is 28.4 Å². The number of benzene rings is 1. The highest BCUT2D eigenvalue weighted by Crippen LogP contribution is 2.52. The number of fused-ring (bicyclic) bond motifs is 1. The van der Waals surface area contributed by atoms with E-state index in [9.17, 15) is 39.5 Å². The highest BCUT2D eigenvalue weighted by molar-refractivity contribution is 8.03. The van der Waals surface area contributed by atoms with Gasteiger partial charge in [-0.1, -0.05) is 6.92 Å². The van der Waals surface area contributed by atoms with Gasteiger partial charge < -0.3 is 35.2 Å². The molecule has 3 aliphatic rings. The molecule has 0 radical (unpaired) electrons. The van der Waals surface area contributed by atoms with Gasteiger partial charge in [0.25, 0.3) is 5.69 Å². The number of rotatable bonds is 14. The second kappa shape index (κ2) is 14.6. The quantitative estimate of drug-likeness (QED) is 0.0985. The molecule has 240 valence electrons. The zero-order chi connectivity index (χ0) is 32.1. The number of likely N-dealkylation sites (tertiary alicyclic amines) is 1. The second-order valence-electron chi connectivity index (χ2n) is 10.9. The van der Waals surface area contributed by atoms with Crippen molar-refractivity contribution in [2.45, 2.75) is 56.7 Å². The standard InChI is InChI=1S/C28H36N4O10S2/c1-15-23-22(16(2)34)26(36)31(23)24(27(37)38)25(15)44-20-11-19(14-43-10-7-21(35)29-8-9-33)30(12-20)28(39)42-13-17-3-5-18(6-4-17)32(40)41/h3-6,15-16,19-20,22-23,33-34H,7-14H2,1-2H3,(H,29,35)(H,37,38)/t15-,16-,19+,20+,22-,23?/m1/s1. The molecule has 3 heterocycles. The summed E-state index contributed by atoms with van der Waals surface area (Å²) in [6, 6.07) is 4.95. The average Bonchev–Trinajstić information content (AvgIpc) is 3.49. The van der Waals surface area contributed by atoms with Crippen molar-refractivity contribution in [2.24, 2.45) is 11.8 Å². The number of aliphatic hydroxyl groups excluding tert-OH is 2. The Balaban J connectivity index is 1.44. The normalized spacial score (nSPS) is 25.0. The Morgan fingerprint density at radius 1 is 1.25 bits per heavy atom. The van der Waals surface area contributed by atoms with Gasteiger partial charge in [-0.25, -0.2) is 9.59 Å². The lowest BCUT2D eigenvalue weighted by molar-refractivity contribution is -0.384. The molecule has 16 heteroatoms. The van der Waals surface area contributed by atoms with Crippen LogP contribution in [0, 0.1) is 22.0 Å². The maximum atomic E-state index is 13.3. The number of carbonyl (C=O) groups excluding carboxylic acids is 3. The summed E-state index contributed by atoms with van der Waals surface area (Å²) in [6.07, 6.45) is -0.742. The van der Waals surface area contributed by atoms with Crippen LogP contribution in [0.3, 0.4) is 0 Å². The SMILES string of the molecule is C[C@H]1C(S[C@H]2C[C@@H](CSCCC(=O)NCCO)N(C(=O)OCc3ccc([N+](=O)[O-])cc3)C2)=C(C(=O)O)N2C(=O)[C@H]([C@@H](C)O)C12. The minimum absolute atomic E-state index is 0.0755. The first-order chi connectivity index (χ1) is 20.9. The largest absolute Gasteiger partial charge is 0.477 e. The number of hydrogen-bond acceptors (Lipinski definition) is 11. The number of aliphatic hydroxyl groups is 2. The van der Waals surface area contributed by atoms with E-state index in [0.717, 1.165) is 0 Å². The Morgan fingerprint density at radius 2 is 1.95 bits per heavy atom. The van der Waals surface area contributed by atoms with Gasteiger partial charge in [-0.3, -0.25) is 19.7 Å². The van der Waals surface area contributed by atoms with Crippen LogP contribution in [-0.4, -0.2) is 109 Å². The lowest BCUT2D eigenvalue weighted by atomic mass is 9.79. The molecule has 0 aliphatic carbocycles. The van der Waals surface area contributed by atoms with Gasteiger partial charge in [0, 0.05) is 65.3 Å². The number of nitrogens with one attached hydrogen (secondary N) is 1. The molecule has 2 fully saturated rings. The number of carboxylic acid groups (broad SMARTS) is 1. The molecular weight excluding hydrogens is 616 g/mol. The molecule has 0 aromatic heterocycles. The molecule has 1 aromatic carbocycles. The van der Waals surface area contributed by atoms with Gasteiger partial charge in [-0.15, -0.1) is 11.8 Å². The molecule has 6 atom stereocenters. The lowest BCUT2D eigenvalue weighted by Crippen LogP contribution is -2.63. The van der Waals surface area contributed by atoms with E-state index in [2.05, 4.69) is 5.32 Å². The van der Waals surface area contributed by atoms with Crippen molar-refractivity contribution in [1.82, 2.24) is 15.1 Å². The predicted molar refractivity (Wildman–Crippen MR) is 161 cm³/mol. The van der Waals surface area contributed by atoms with Crippen molar-refractivity contribution in [3.8, 4) is 0 Å². The Hall–Kier alpha value is -3.34. The topological polar surface area (TPSA) is 200 Å². The van der Waals surface area contributed by atoms with Crippen LogP contribution in [-0.2, 0) is 25.7 Å². The average molecular weight is 653 g/mol. The van der Waals surface area contributed by atoms with Crippen LogP contribution in [0.4, 0.5) is 10.5 Å². The minimum atomic E-state index is -1.22. The molecule has 3 aliphatic heterocycles. The Kier molecular flexibility index (Phi) is 11.2. The molecular formula is C28H36N4O10S2. The van der Waals surface area contributed by atoms with Crippen molar-refractivity contribution in [3.05, 3.63) is 50.5 Å². The van der Waals surface area contributed by atoms with Gasteiger partial charge in [0.2, 0.25) is 11.8 Å². The number of ether oxygens (including phenoxy) is 1. The molecule has 0 saturated carbocycles.